The van der Waals surface area contributed by atoms with Crippen molar-refractivity contribution < 1.29 is 29.1 Å². The third kappa shape index (κ3) is 7.39. The van der Waals surface area contributed by atoms with E-state index in [0.717, 1.165) is 10.9 Å². The maximum absolute atomic E-state index is 13.1. The Balaban J connectivity index is 1.73. The highest BCUT2D eigenvalue weighted by Gasteiger charge is 2.30. The van der Waals surface area contributed by atoms with Gasteiger partial charge in [-0.1, -0.05) is 18.2 Å². The summed E-state index contributed by atoms with van der Waals surface area (Å²) in [6.07, 6.45) is 4.18. The first-order valence-corrected chi connectivity index (χ1v) is 11.7. The number of aliphatic carboxylic acids is 1. The van der Waals surface area contributed by atoms with E-state index >= 15 is 0 Å². The lowest BCUT2D eigenvalue weighted by atomic mass is 10.0. The van der Waals surface area contributed by atoms with E-state index in [1.54, 1.807) is 6.20 Å². The first-order chi connectivity index (χ1) is 18.0. The van der Waals surface area contributed by atoms with Gasteiger partial charge in [-0.05, 0) is 18.6 Å². The predicted octanol–water partition coefficient (Wildman–Crippen LogP) is -1.56. The summed E-state index contributed by atoms with van der Waals surface area (Å²) >= 11 is 0. The summed E-state index contributed by atoms with van der Waals surface area (Å²) < 4.78 is 0. The van der Waals surface area contributed by atoms with Crippen LogP contribution in [0.15, 0.2) is 43.0 Å². The van der Waals surface area contributed by atoms with Crippen LogP contribution in [0.3, 0.4) is 0 Å². The third-order valence-electron chi connectivity index (χ3n) is 5.84. The molecule has 14 nitrogen and oxygen atoms in total. The smallest absolute Gasteiger partial charge is 0.326 e. The van der Waals surface area contributed by atoms with Crippen molar-refractivity contribution in [3.63, 3.8) is 0 Å². The van der Waals surface area contributed by atoms with Gasteiger partial charge in [0.05, 0.1) is 18.8 Å². The maximum atomic E-state index is 13.1. The molecule has 0 saturated carbocycles. The van der Waals surface area contributed by atoms with E-state index in [2.05, 4.69) is 30.9 Å². The number of carboxylic acid groups (broad SMARTS) is 1. The lowest BCUT2D eigenvalue weighted by Gasteiger charge is -2.23. The number of para-hydroxylation sites is 1. The number of H-pyrrole nitrogens is 2. The number of fused-ring (bicyclic) bond motifs is 1. The number of benzene rings is 1. The molecular formula is C24H30N8O6. The van der Waals surface area contributed by atoms with E-state index in [1.165, 1.54) is 19.4 Å². The second-order valence-electron chi connectivity index (χ2n) is 8.81. The van der Waals surface area contributed by atoms with Gasteiger partial charge in [-0.15, -0.1) is 0 Å². The lowest BCUT2D eigenvalue weighted by Crippen LogP contribution is -2.57. The number of hydrogen-bond donors (Lipinski definition) is 8. The Morgan fingerprint density at radius 2 is 1.68 bits per heavy atom. The topological polar surface area (TPSA) is 238 Å². The van der Waals surface area contributed by atoms with Crippen molar-refractivity contribution in [1.82, 2.24) is 30.9 Å². The summed E-state index contributed by atoms with van der Waals surface area (Å²) in [4.78, 5) is 71.1. The largest absolute Gasteiger partial charge is 0.480 e. The number of carbonyl (C=O) groups excluding carboxylic acids is 4. The number of primary amides is 1. The van der Waals surface area contributed by atoms with Gasteiger partial charge in [-0.2, -0.15) is 0 Å². The van der Waals surface area contributed by atoms with E-state index in [9.17, 15) is 29.1 Å². The molecule has 0 bridgehead atoms. The number of aromatic amines is 2. The molecule has 14 heteroatoms. The van der Waals surface area contributed by atoms with Crippen molar-refractivity contribution in [3.05, 3.63) is 54.2 Å². The molecule has 0 spiro atoms. The van der Waals surface area contributed by atoms with Crippen molar-refractivity contribution in [3.8, 4) is 0 Å². The number of nitrogens with one attached hydrogen (secondary N) is 5. The van der Waals surface area contributed by atoms with Crippen molar-refractivity contribution in [2.24, 2.45) is 11.5 Å². The number of imidazole rings is 1. The number of rotatable bonds is 13. The normalized spacial score (nSPS) is 14.2. The van der Waals surface area contributed by atoms with E-state index in [-0.39, 0.29) is 12.8 Å². The summed E-state index contributed by atoms with van der Waals surface area (Å²) in [6.45, 7) is 1.42. The van der Waals surface area contributed by atoms with Crippen molar-refractivity contribution >= 4 is 40.5 Å². The monoisotopic (exact) mass is 526 g/mol. The Kier molecular flexibility index (Phi) is 9.16. The molecule has 2 aromatic heterocycles. The molecule has 10 N–H and O–H groups in total. The summed E-state index contributed by atoms with van der Waals surface area (Å²) in [6, 6.07) is 2.45. The molecule has 0 saturated heterocycles. The number of amides is 4. The zero-order chi connectivity index (χ0) is 27.8. The fourth-order valence-corrected chi connectivity index (χ4v) is 3.81. The van der Waals surface area contributed by atoms with Gasteiger partial charge in [0, 0.05) is 41.8 Å². The third-order valence-corrected chi connectivity index (χ3v) is 5.84. The average molecular weight is 527 g/mol. The molecule has 0 aliphatic rings. The first-order valence-electron chi connectivity index (χ1n) is 11.7. The molecule has 4 unspecified atom stereocenters. The van der Waals surface area contributed by atoms with Crippen molar-refractivity contribution in [2.45, 2.75) is 50.4 Å². The maximum Gasteiger partial charge on any atom is 0.326 e. The van der Waals surface area contributed by atoms with Crippen LogP contribution in [0.4, 0.5) is 0 Å². The van der Waals surface area contributed by atoms with Gasteiger partial charge in [0.2, 0.25) is 23.6 Å². The Morgan fingerprint density at radius 1 is 0.974 bits per heavy atom. The van der Waals surface area contributed by atoms with Crippen LogP contribution in [0.1, 0.15) is 24.6 Å². The zero-order valence-corrected chi connectivity index (χ0v) is 20.6. The van der Waals surface area contributed by atoms with Crippen molar-refractivity contribution in [2.75, 3.05) is 0 Å². The van der Waals surface area contributed by atoms with E-state index < -0.39 is 60.2 Å². The number of nitrogens with zero attached hydrogens (tertiary/aromatic N) is 1. The standard InChI is InChI=1S/C24H30N8O6/c1-12(30-22(35)16(25)7-14-10-27-11-29-14)21(34)31-18(23(36)32-19(24(37)38)8-20(26)33)6-13-9-28-17-5-3-2-4-15(13)17/h2-5,9-12,16,18-19,28H,6-8,25H2,1H3,(H2,26,33)(H,27,29)(H,30,35)(H,31,34)(H,32,36)(H,37,38). The molecule has 38 heavy (non-hydrogen) atoms. The molecule has 202 valence electrons. The Bertz CT molecular complexity index is 1300. The summed E-state index contributed by atoms with van der Waals surface area (Å²) in [5, 5.41) is 17.5. The van der Waals surface area contributed by atoms with Gasteiger partial charge in [0.25, 0.3) is 0 Å². The molecule has 3 rings (SSSR count). The SMILES string of the molecule is CC(NC(=O)C(N)Cc1cnc[nH]1)C(=O)NC(Cc1c[nH]c2ccccc12)C(=O)NC(CC(N)=O)C(=O)O. The molecular weight excluding hydrogens is 496 g/mol. The summed E-state index contributed by atoms with van der Waals surface area (Å²) in [5.74, 6) is -4.51. The van der Waals surface area contributed by atoms with Crippen LogP contribution in [0, 0.1) is 0 Å². The fourth-order valence-electron chi connectivity index (χ4n) is 3.81. The van der Waals surface area contributed by atoms with Gasteiger partial charge in [0.15, 0.2) is 0 Å². The molecule has 2 heterocycles. The Hall–Kier alpha value is -4.72. The van der Waals surface area contributed by atoms with Gasteiger partial charge >= 0.3 is 5.97 Å². The van der Waals surface area contributed by atoms with Crippen LogP contribution >= 0.6 is 0 Å². The van der Waals surface area contributed by atoms with Crippen LogP contribution in [-0.2, 0) is 36.8 Å². The highest BCUT2D eigenvalue weighted by Crippen LogP contribution is 2.19. The van der Waals surface area contributed by atoms with Crippen molar-refractivity contribution in [1.29, 1.82) is 0 Å². The molecule has 0 aliphatic carbocycles. The molecule has 0 fully saturated rings. The zero-order valence-electron chi connectivity index (χ0n) is 20.6. The number of aromatic nitrogens is 3. The van der Waals surface area contributed by atoms with Crippen LogP contribution in [-0.4, -0.2) is 73.8 Å². The van der Waals surface area contributed by atoms with Crippen LogP contribution in [0.2, 0.25) is 0 Å². The minimum absolute atomic E-state index is 0.00942. The fraction of sp³-hybridized carbons (Fsp3) is 0.333. The number of carboxylic acids is 1. The van der Waals surface area contributed by atoms with Crippen LogP contribution in [0.5, 0.6) is 0 Å². The molecule has 1 aromatic carbocycles. The van der Waals surface area contributed by atoms with E-state index in [0.29, 0.717) is 11.3 Å². The summed E-state index contributed by atoms with van der Waals surface area (Å²) in [7, 11) is 0. The quantitative estimate of drug-likeness (QED) is 0.129. The van der Waals surface area contributed by atoms with Gasteiger partial charge in [0.1, 0.15) is 18.1 Å². The van der Waals surface area contributed by atoms with Gasteiger partial charge in [-0.25, -0.2) is 9.78 Å². The second kappa shape index (κ2) is 12.5. The van der Waals surface area contributed by atoms with Crippen LogP contribution in [0.25, 0.3) is 10.9 Å². The van der Waals surface area contributed by atoms with Crippen LogP contribution < -0.4 is 27.4 Å². The molecule has 4 atom stereocenters. The second-order valence-corrected chi connectivity index (χ2v) is 8.81. The van der Waals surface area contributed by atoms with Gasteiger partial charge < -0.3 is 42.5 Å². The minimum Gasteiger partial charge on any atom is -0.480 e. The highest BCUT2D eigenvalue weighted by molar-refractivity contribution is 5.95. The number of hydrogen-bond acceptors (Lipinski definition) is 7. The molecule has 4 amide bonds. The Labute approximate surface area is 216 Å². The first kappa shape index (κ1) is 27.9. The summed E-state index contributed by atoms with van der Waals surface area (Å²) in [5.41, 5.74) is 13.2. The molecule has 0 radical (unpaired) electrons. The minimum atomic E-state index is -1.58. The molecule has 3 aromatic rings. The Morgan fingerprint density at radius 3 is 2.34 bits per heavy atom. The number of carbonyl (C=O) groups is 5. The number of nitrogens with two attached hydrogens (primary N) is 2. The highest BCUT2D eigenvalue weighted by atomic mass is 16.4. The lowest BCUT2D eigenvalue weighted by molar-refractivity contribution is -0.143. The van der Waals surface area contributed by atoms with E-state index in [1.807, 2.05) is 24.3 Å². The molecule has 0 aliphatic heterocycles. The predicted molar refractivity (Wildman–Crippen MR) is 135 cm³/mol. The van der Waals surface area contributed by atoms with Gasteiger partial charge in [-0.3, -0.25) is 19.2 Å². The van der Waals surface area contributed by atoms with E-state index in [4.69, 9.17) is 11.5 Å². The average Bonchev–Trinajstić information content (AvgIpc) is 3.52.